The number of carboxylic acid groups (broad SMARTS) is 1. The fourth-order valence-corrected chi connectivity index (χ4v) is 4.83. The summed E-state index contributed by atoms with van der Waals surface area (Å²) in [7, 11) is 0. The van der Waals surface area contributed by atoms with Gasteiger partial charge in [0, 0.05) is 24.0 Å². The fraction of sp³-hybridized carbons (Fsp3) is 0.444. The number of rotatable bonds is 12. The van der Waals surface area contributed by atoms with E-state index in [1.54, 1.807) is 33.0 Å². The molecule has 3 rings (SSSR count). The third-order valence-corrected chi connectivity index (χ3v) is 6.76. The molecule has 2 atom stereocenters. The minimum atomic E-state index is -4.46. The van der Waals surface area contributed by atoms with Crippen molar-refractivity contribution in [3.63, 3.8) is 0 Å². The number of nitrogens with one attached hydrogen (secondary N) is 2. The van der Waals surface area contributed by atoms with Crippen LogP contribution in [0.25, 0.3) is 11.3 Å². The first kappa shape index (κ1) is 30.4. The summed E-state index contributed by atoms with van der Waals surface area (Å²) in [6.45, 7) is 7.22. The molecule has 2 heterocycles. The van der Waals surface area contributed by atoms with Crippen LogP contribution in [0.3, 0.4) is 0 Å². The first-order valence-electron chi connectivity index (χ1n) is 12.9. The van der Waals surface area contributed by atoms with Crippen LogP contribution in [0, 0.1) is 5.41 Å². The molecule has 40 heavy (non-hydrogen) atoms. The van der Waals surface area contributed by atoms with Gasteiger partial charge in [0.1, 0.15) is 6.04 Å². The maximum Gasteiger partial charge on any atom is 0.416 e. The second kappa shape index (κ2) is 12.3. The van der Waals surface area contributed by atoms with Gasteiger partial charge in [0.2, 0.25) is 5.78 Å². The van der Waals surface area contributed by atoms with Crippen LogP contribution in [0.1, 0.15) is 52.5 Å². The van der Waals surface area contributed by atoms with Crippen LogP contribution in [0.15, 0.2) is 48.8 Å². The third-order valence-electron chi connectivity index (χ3n) is 6.76. The van der Waals surface area contributed by atoms with E-state index >= 15 is 0 Å². The molecule has 0 saturated heterocycles. The summed E-state index contributed by atoms with van der Waals surface area (Å²) in [5, 5.41) is 23.5. The number of aromatic nitrogens is 4. The van der Waals surface area contributed by atoms with Gasteiger partial charge in [-0.1, -0.05) is 46.2 Å². The van der Waals surface area contributed by atoms with E-state index in [1.807, 2.05) is 6.92 Å². The van der Waals surface area contributed by atoms with E-state index in [9.17, 15) is 32.7 Å². The Morgan fingerprint density at radius 1 is 1.10 bits per heavy atom. The Hall–Kier alpha value is -4.16. The lowest BCUT2D eigenvalue weighted by atomic mass is 9.76. The zero-order chi connectivity index (χ0) is 29.7. The van der Waals surface area contributed by atoms with Gasteiger partial charge in [-0.2, -0.15) is 23.4 Å². The van der Waals surface area contributed by atoms with Crippen molar-refractivity contribution in [2.75, 3.05) is 5.32 Å². The molecule has 1 aromatic carbocycles. The lowest BCUT2D eigenvalue weighted by molar-refractivity contribution is -0.141. The number of halogens is 3. The molecule has 3 aromatic rings. The highest BCUT2D eigenvalue weighted by Gasteiger charge is 2.46. The average molecular weight is 563 g/mol. The van der Waals surface area contributed by atoms with E-state index < -0.39 is 47.0 Å². The van der Waals surface area contributed by atoms with Crippen molar-refractivity contribution in [2.24, 2.45) is 5.41 Å². The Kier molecular flexibility index (Phi) is 9.38. The quantitative estimate of drug-likeness (QED) is 0.251. The number of amides is 2. The van der Waals surface area contributed by atoms with E-state index in [1.165, 1.54) is 29.1 Å². The molecule has 0 saturated carbocycles. The summed E-state index contributed by atoms with van der Waals surface area (Å²) in [6, 6.07) is 5.59. The van der Waals surface area contributed by atoms with Crippen LogP contribution in [-0.4, -0.2) is 59.9 Å². The Bertz CT molecular complexity index is 1300. The van der Waals surface area contributed by atoms with E-state index in [2.05, 4.69) is 20.6 Å². The minimum Gasteiger partial charge on any atom is -0.465 e. The second-order valence-corrected chi connectivity index (χ2v) is 10.2. The normalized spacial score (nSPS) is 13.5. The highest BCUT2D eigenvalue weighted by atomic mass is 19.4. The summed E-state index contributed by atoms with van der Waals surface area (Å²) in [4.78, 5) is 40.2. The van der Waals surface area contributed by atoms with E-state index in [0.717, 1.165) is 17.0 Å². The Labute approximate surface area is 229 Å². The molecule has 2 aromatic heterocycles. The summed E-state index contributed by atoms with van der Waals surface area (Å²) in [6.07, 6.45) is -1.34. The molecule has 0 bridgehead atoms. The SMILES string of the molecule is CCCC(C)(C)[C@@H](C(=O)C(=O)Nc1cc[nH]n1)N(C(=O)O)[C@@H](CC)Cn1ccc(-c2ccc(C(F)(F)F)cc2)n1. The van der Waals surface area contributed by atoms with Gasteiger partial charge in [-0.3, -0.25) is 24.3 Å². The number of Topliss-reactive ketones (excluding diaryl/α,β-unsaturated/α-hetero) is 1. The highest BCUT2D eigenvalue weighted by Crippen LogP contribution is 2.34. The molecular weight excluding hydrogens is 529 g/mol. The standard InChI is InChI=1S/C27H33F3N6O4/c1-5-13-26(3,4)23(22(37)24(38)32-21-11-14-31-33-21)36(25(39)40)19(6-2)16-35-15-12-20(34-35)17-7-9-18(10-8-17)27(28,29)30/h7-12,14-15,19,23H,5-6,13,16H2,1-4H3,(H,39,40)(H2,31,32,33,38)/t19-,23+/m0/s1. The molecule has 0 aliphatic rings. The molecule has 3 N–H and O–H groups in total. The van der Waals surface area contributed by atoms with Gasteiger partial charge in [0.15, 0.2) is 5.82 Å². The van der Waals surface area contributed by atoms with Crippen LogP contribution in [0.5, 0.6) is 0 Å². The van der Waals surface area contributed by atoms with Crippen molar-refractivity contribution in [3.05, 3.63) is 54.4 Å². The number of hydrogen-bond donors (Lipinski definition) is 3. The van der Waals surface area contributed by atoms with Gasteiger partial charge in [-0.05, 0) is 36.5 Å². The third kappa shape index (κ3) is 7.07. The number of carbonyl (C=O) groups excluding carboxylic acids is 2. The Balaban J connectivity index is 1.90. The molecule has 0 spiro atoms. The summed E-state index contributed by atoms with van der Waals surface area (Å²) in [5.74, 6) is -1.76. The Morgan fingerprint density at radius 2 is 1.77 bits per heavy atom. The van der Waals surface area contributed by atoms with E-state index in [4.69, 9.17) is 0 Å². The fourth-order valence-electron chi connectivity index (χ4n) is 4.83. The molecular formula is C27H33F3N6O4. The van der Waals surface area contributed by atoms with Crippen molar-refractivity contribution in [2.45, 2.75) is 71.8 Å². The van der Waals surface area contributed by atoms with Crippen molar-refractivity contribution in [1.82, 2.24) is 24.9 Å². The molecule has 0 aliphatic heterocycles. The van der Waals surface area contributed by atoms with Gasteiger partial charge in [0.05, 0.1) is 23.8 Å². The number of aromatic amines is 1. The monoisotopic (exact) mass is 562 g/mol. The van der Waals surface area contributed by atoms with Crippen molar-refractivity contribution in [3.8, 4) is 11.3 Å². The first-order chi connectivity index (χ1) is 18.8. The highest BCUT2D eigenvalue weighted by molar-refractivity contribution is 6.42. The topological polar surface area (TPSA) is 133 Å². The molecule has 2 amide bonds. The maximum absolute atomic E-state index is 13.5. The molecule has 0 radical (unpaired) electrons. The molecule has 13 heteroatoms. The van der Waals surface area contributed by atoms with Crippen molar-refractivity contribution in [1.29, 1.82) is 0 Å². The lowest BCUT2D eigenvalue weighted by Crippen LogP contribution is -2.59. The second-order valence-electron chi connectivity index (χ2n) is 10.2. The van der Waals surface area contributed by atoms with Gasteiger partial charge in [-0.25, -0.2) is 4.79 Å². The average Bonchev–Trinajstić information content (AvgIpc) is 3.57. The van der Waals surface area contributed by atoms with Crippen molar-refractivity contribution >= 4 is 23.6 Å². The minimum absolute atomic E-state index is 0.0520. The molecule has 0 unspecified atom stereocenters. The van der Waals surface area contributed by atoms with E-state index in [0.29, 0.717) is 30.5 Å². The van der Waals surface area contributed by atoms with Crippen LogP contribution in [0.2, 0.25) is 0 Å². The van der Waals surface area contributed by atoms with Crippen molar-refractivity contribution < 1.29 is 32.7 Å². The zero-order valence-electron chi connectivity index (χ0n) is 22.7. The largest absolute Gasteiger partial charge is 0.465 e. The molecule has 0 fully saturated rings. The first-order valence-corrected chi connectivity index (χ1v) is 12.9. The molecule has 216 valence electrons. The zero-order valence-corrected chi connectivity index (χ0v) is 22.7. The van der Waals surface area contributed by atoms with Gasteiger partial charge in [0.25, 0.3) is 5.91 Å². The Morgan fingerprint density at radius 3 is 2.30 bits per heavy atom. The predicted molar refractivity (Wildman–Crippen MR) is 141 cm³/mol. The van der Waals surface area contributed by atoms with Gasteiger partial charge < -0.3 is 10.4 Å². The van der Waals surface area contributed by atoms with Crippen LogP contribution >= 0.6 is 0 Å². The van der Waals surface area contributed by atoms with Gasteiger partial charge in [-0.15, -0.1) is 0 Å². The number of ketones is 1. The number of H-pyrrole nitrogens is 1. The van der Waals surface area contributed by atoms with Crippen LogP contribution in [0.4, 0.5) is 23.8 Å². The number of benzene rings is 1. The number of anilines is 1. The van der Waals surface area contributed by atoms with Crippen LogP contribution < -0.4 is 5.32 Å². The predicted octanol–water partition coefficient (Wildman–Crippen LogP) is 5.45. The summed E-state index contributed by atoms with van der Waals surface area (Å²) < 4.78 is 40.2. The number of carbonyl (C=O) groups is 3. The van der Waals surface area contributed by atoms with E-state index in [-0.39, 0.29) is 12.4 Å². The summed E-state index contributed by atoms with van der Waals surface area (Å²) in [5.41, 5.74) is -0.804. The molecule has 0 aliphatic carbocycles. The smallest absolute Gasteiger partial charge is 0.416 e. The maximum atomic E-state index is 13.5. The molecule has 10 nitrogen and oxygen atoms in total. The number of hydrogen-bond acceptors (Lipinski definition) is 5. The number of alkyl halides is 3. The van der Waals surface area contributed by atoms with Crippen LogP contribution in [-0.2, 0) is 22.3 Å². The number of nitrogens with zero attached hydrogens (tertiary/aromatic N) is 4. The van der Waals surface area contributed by atoms with Gasteiger partial charge >= 0.3 is 12.3 Å². The lowest BCUT2D eigenvalue weighted by Gasteiger charge is -2.42. The summed E-state index contributed by atoms with van der Waals surface area (Å²) >= 11 is 0.